The van der Waals surface area contributed by atoms with E-state index in [0.717, 1.165) is 12.0 Å². The first-order valence-electron chi connectivity index (χ1n) is 11.1. The van der Waals surface area contributed by atoms with Crippen LogP contribution < -0.4 is 16.4 Å². The number of nitrogens with zero attached hydrogens (tertiary/aromatic N) is 1. The average molecular weight is 455 g/mol. The zero-order valence-corrected chi connectivity index (χ0v) is 18.4. The first-order chi connectivity index (χ1) is 16.0. The van der Waals surface area contributed by atoms with Gasteiger partial charge in [-0.2, -0.15) is 0 Å². The lowest BCUT2D eigenvalue weighted by atomic mass is 9.92. The van der Waals surface area contributed by atoms with Crippen LogP contribution in [0.3, 0.4) is 0 Å². The summed E-state index contributed by atoms with van der Waals surface area (Å²) in [7, 11) is 0. The first-order valence-corrected chi connectivity index (χ1v) is 11.1. The maximum atomic E-state index is 13.3. The van der Waals surface area contributed by atoms with Crippen LogP contribution in [0.4, 0.5) is 4.79 Å². The number of allylic oxidation sites excluding steroid dienone is 4. The third kappa shape index (κ3) is 7.01. The minimum Gasteiger partial charge on any atom is -0.444 e. The Morgan fingerprint density at radius 1 is 1.15 bits per heavy atom. The summed E-state index contributed by atoms with van der Waals surface area (Å²) in [4.78, 5) is 51.5. The molecular weight excluding hydrogens is 424 g/mol. The molecule has 1 aromatic rings. The van der Waals surface area contributed by atoms with Gasteiger partial charge in [-0.15, -0.1) is 0 Å². The second kappa shape index (κ2) is 12.0. The van der Waals surface area contributed by atoms with Gasteiger partial charge in [0.15, 0.2) is 0 Å². The van der Waals surface area contributed by atoms with E-state index in [1.54, 1.807) is 12.1 Å². The summed E-state index contributed by atoms with van der Waals surface area (Å²) in [5.41, 5.74) is 6.22. The van der Waals surface area contributed by atoms with Crippen LogP contribution >= 0.6 is 0 Å². The molecule has 1 aromatic carbocycles. The van der Waals surface area contributed by atoms with E-state index in [9.17, 15) is 19.2 Å². The zero-order valence-electron chi connectivity index (χ0n) is 18.4. The van der Waals surface area contributed by atoms with Crippen molar-refractivity contribution in [1.29, 1.82) is 0 Å². The maximum Gasteiger partial charge on any atom is 0.414 e. The molecule has 0 spiro atoms. The summed E-state index contributed by atoms with van der Waals surface area (Å²) < 4.78 is 5.11. The molecular formula is C24H30N4O5. The third-order valence-corrected chi connectivity index (χ3v) is 5.70. The number of nitrogens with two attached hydrogens (primary N) is 1. The monoisotopic (exact) mass is 454 g/mol. The Bertz CT molecular complexity index is 915. The Kier molecular flexibility index (Phi) is 8.77. The molecule has 1 aliphatic heterocycles. The second-order valence-electron chi connectivity index (χ2n) is 8.11. The molecule has 2 aliphatic rings. The highest BCUT2D eigenvalue weighted by Crippen LogP contribution is 2.23. The fraction of sp³-hybridized carbons (Fsp3) is 0.417. The van der Waals surface area contributed by atoms with Crippen molar-refractivity contribution in [3.05, 3.63) is 60.2 Å². The topological polar surface area (TPSA) is 131 Å². The fourth-order valence-electron chi connectivity index (χ4n) is 4.03. The summed E-state index contributed by atoms with van der Waals surface area (Å²) >= 11 is 0. The van der Waals surface area contributed by atoms with Gasteiger partial charge in [-0.1, -0.05) is 54.6 Å². The molecule has 9 heteroatoms. The van der Waals surface area contributed by atoms with Gasteiger partial charge in [0.05, 0.1) is 6.54 Å². The maximum absolute atomic E-state index is 13.3. The molecule has 0 bridgehead atoms. The molecule has 0 aromatic heterocycles. The number of hydrogen-bond acceptors (Lipinski definition) is 6. The van der Waals surface area contributed by atoms with Crippen LogP contribution in [0.25, 0.3) is 0 Å². The largest absolute Gasteiger partial charge is 0.444 e. The quantitative estimate of drug-likeness (QED) is 0.544. The summed E-state index contributed by atoms with van der Waals surface area (Å²) in [5, 5.41) is 4.92. The molecule has 1 fully saturated rings. The Balaban J connectivity index is 1.60. The van der Waals surface area contributed by atoms with E-state index >= 15 is 0 Å². The van der Waals surface area contributed by atoms with Crippen molar-refractivity contribution < 1.29 is 23.9 Å². The molecule has 4 amide bonds. The molecule has 33 heavy (non-hydrogen) atoms. The first kappa shape index (κ1) is 24.2. The van der Waals surface area contributed by atoms with Gasteiger partial charge in [0.2, 0.25) is 11.8 Å². The number of hydrogen-bond donors (Lipinski definition) is 3. The Morgan fingerprint density at radius 3 is 2.64 bits per heavy atom. The van der Waals surface area contributed by atoms with Crippen LogP contribution in [0.15, 0.2) is 54.6 Å². The van der Waals surface area contributed by atoms with Gasteiger partial charge >= 0.3 is 6.09 Å². The van der Waals surface area contributed by atoms with E-state index in [1.807, 2.05) is 42.5 Å². The van der Waals surface area contributed by atoms with Gasteiger partial charge in [-0.05, 0) is 37.2 Å². The third-order valence-electron chi connectivity index (χ3n) is 5.70. The van der Waals surface area contributed by atoms with Gasteiger partial charge < -0.3 is 20.7 Å². The highest BCUT2D eigenvalue weighted by atomic mass is 16.5. The van der Waals surface area contributed by atoms with Gasteiger partial charge in [-0.25, -0.2) is 4.79 Å². The van der Waals surface area contributed by atoms with E-state index in [2.05, 4.69) is 10.6 Å². The van der Waals surface area contributed by atoms with Crippen molar-refractivity contribution in [2.24, 2.45) is 11.7 Å². The lowest BCUT2D eigenvalue weighted by molar-refractivity contribution is -0.141. The van der Waals surface area contributed by atoms with Crippen molar-refractivity contribution in [2.75, 3.05) is 13.1 Å². The number of rotatable bonds is 8. The van der Waals surface area contributed by atoms with Crippen molar-refractivity contribution in [3.63, 3.8) is 0 Å². The number of carbonyl (C=O) groups is 4. The Hall–Kier alpha value is -3.46. The van der Waals surface area contributed by atoms with Crippen LogP contribution in [0, 0.1) is 5.92 Å². The molecule has 1 saturated heterocycles. The number of benzene rings is 1. The molecule has 3 atom stereocenters. The lowest BCUT2D eigenvalue weighted by Crippen LogP contribution is -2.55. The summed E-state index contributed by atoms with van der Waals surface area (Å²) in [6, 6.07) is 7.50. The van der Waals surface area contributed by atoms with E-state index < -0.39 is 30.0 Å². The molecule has 1 unspecified atom stereocenters. The van der Waals surface area contributed by atoms with Crippen molar-refractivity contribution in [3.8, 4) is 0 Å². The normalized spacial score (nSPS) is 20.2. The van der Waals surface area contributed by atoms with E-state index in [1.165, 1.54) is 4.90 Å². The minimum absolute atomic E-state index is 0.0316. The molecule has 3 rings (SSSR count). The molecule has 9 nitrogen and oxygen atoms in total. The number of likely N-dealkylation sites (tertiary alicyclic amines) is 1. The van der Waals surface area contributed by atoms with Crippen LogP contribution in [-0.2, 0) is 25.7 Å². The Labute approximate surface area is 193 Å². The smallest absolute Gasteiger partial charge is 0.414 e. The second-order valence-corrected chi connectivity index (χ2v) is 8.11. The van der Waals surface area contributed by atoms with Crippen LogP contribution in [0.2, 0.25) is 0 Å². The van der Waals surface area contributed by atoms with Gasteiger partial charge in [0.25, 0.3) is 5.91 Å². The number of imide groups is 1. The summed E-state index contributed by atoms with van der Waals surface area (Å²) in [6.07, 6.45) is 9.17. The number of carbonyl (C=O) groups excluding carboxylic acids is 4. The summed E-state index contributed by atoms with van der Waals surface area (Å²) in [5.74, 6) is -1.29. The van der Waals surface area contributed by atoms with E-state index in [0.29, 0.717) is 25.8 Å². The van der Waals surface area contributed by atoms with Crippen LogP contribution in [0.5, 0.6) is 0 Å². The predicted octanol–water partition coefficient (Wildman–Crippen LogP) is 1.40. The van der Waals surface area contributed by atoms with Gasteiger partial charge in [0, 0.05) is 6.54 Å². The molecule has 176 valence electrons. The molecule has 4 N–H and O–H groups in total. The standard InChI is InChI=1S/C24H30N4O5/c25-15-21(29)26-19(14-17-8-3-1-4-9-17)23(31)28-13-7-12-20(28)22(30)27-24(32)33-16-18-10-5-2-6-11-18/h1-6,8,10-11,17,19-20H,7,9,12-16,25H2,(H,26,29)(H,27,30,32)/t17?,19-,20-/m0/s1. The highest BCUT2D eigenvalue weighted by Gasteiger charge is 2.38. The van der Waals surface area contributed by atoms with E-state index in [-0.39, 0.29) is 25.0 Å². The number of amides is 4. The fourth-order valence-corrected chi connectivity index (χ4v) is 4.03. The van der Waals surface area contributed by atoms with Crippen molar-refractivity contribution in [2.45, 2.75) is 44.4 Å². The van der Waals surface area contributed by atoms with Gasteiger partial charge in [-0.3, -0.25) is 19.7 Å². The van der Waals surface area contributed by atoms with Crippen molar-refractivity contribution in [1.82, 2.24) is 15.5 Å². The summed E-state index contributed by atoms with van der Waals surface area (Å²) in [6.45, 7) is 0.163. The lowest BCUT2D eigenvalue weighted by Gasteiger charge is -2.30. The van der Waals surface area contributed by atoms with Gasteiger partial charge in [0.1, 0.15) is 18.7 Å². The molecule has 0 radical (unpaired) electrons. The molecule has 1 aliphatic carbocycles. The zero-order chi connectivity index (χ0) is 23.6. The number of alkyl carbamates (subject to hydrolysis) is 1. The molecule has 1 heterocycles. The highest BCUT2D eigenvalue weighted by molar-refractivity contribution is 5.98. The predicted molar refractivity (Wildman–Crippen MR) is 121 cm³/mol. The minimum atomic E-state index is -0.865. The van der Waals surface area contributed by atoms with Crippen molar-refractivity contribution >= 4 is 23.8 Å². The van der Waals surface area contributed by atoms with E-state index in [4.69, 9.17) is 10.5 Å². The number of ether oxygens (including phenoxy) is 1. The van der Waals surface area contributed by atoms with Crippen LogP contribution in [-0.4, -0.2) is 53.9 Å². The molecule has 0 saturated carbocycles. The number of nitrogens with one attached hydrogen (secondary N) is 2. The SMILES string of the molecule is NCC(=O)N[C@@H](CC1C=CC=CC1)C(=O)N1CCC[C@H]1C(=O)NC(=O)OCc1ccccc1. The van der Waals surface area contributed by atoms with Crippen LogP contribution in [0.1, 0.15) is 31.2 Å². The Morgan fingerprint density at radius 2 is 1.94 bits per heavy atom. The average Bonchev–Trinajstić information content (AvgIpc) is 3.33.